The number of likely N-dealkylation sites (N-methyl/N-ethyl adjacent to an activating group) is 1. The van der Waals surface area contributed by atoms with Crippen LogP contribution in [0, 0.1) is 6.92 Å². The first kappa shape index (κ1) is 18.6. The van der Waals surface area contributed by atoms with Crippen molar-refractivity contribution in [3.05, 3.63) is 29.8 Å². The van der Waals surface area contributed by atoms with Crippen molar-refractivity contribution in [1.29, 1.82) is 0 Å². The summed E-state index contributed by atoms with van der Waals surface area (Å²) < 4.78 is 5.70. The summed E-state index contributed by atoms with van der Waals surface area (Å²) in [6.45, 7) is 9.87. The second-order valence-electron chi connectivity index (χ2n) is 7.67. The molecule has 25 heavy (non-hydrogen) atoms. The van der Waals surface area contributed by atoms with Crippen molar-refractivity contribution < 1.29 is 9.84 Å². The number of piperidine rings is 1. The van der Waals surface area contributed by atoms with E-state index >= 15 is 0 Å². The zero-order chi connectivity index (χ0) is 17.6. The topological polar surface area (TPSA) is 39.2 Å². The van der Waals surface area contributed by atoms with E-state index in [-0.39, 0.29) is 0 Å². The Kier molecular flexibility index (Phi) is 6.70. The SMILES string of the molecule is Cc1ccc(OCC(O)CN2CCN(C3CCCN(C)C3)CC2)cc1. The second-order valence-corrected chi connectivity index (χ2v) is 7.67. The lowest BCUT2D eigenvalue weighted by atomic mass is 10.0. The van der Waals surface area contributed by atoms with Crippen molar-refractivity contribution in [3.63, 3.8) is 0 Å². The van der Waals surface area contributed by atoms with Crippen LogP contribution in [-0.4, -0.2) is 91.4 Å². The minimum Gasteiger partial charge on any atom is -0.491 e. The number of ether oxygens (including phenoxy) is 1. The lowest BCUT2D eigenvalue weighted by Crippen LogP contribution is -2.55. The third kappa shape index (κ3) is 5.68. The van der Waals surface area contributed by atoms with Gasteiger partial charge in [0.05, 0.1) is 0 Å². The molecule has 2 atom stereocenters. The van der Waals surface area contributed by atoms with Crippen molar-refractivity contribution in [3.8, 4) is 5.75 Å². The lowest BCUT2D eigenvalue weighted by Gasteiger charge is -2.43. The first-order valence-corrected chi connectivity index (χ1v) is 9.62. The molecule has 2 fully saturated rings. The molecule has 2 aliphatic rings. The number of aryl methyl sites for hydroxylation is 1. The Labute approximate surface area is 152 Å². The highest BCUT2D eigenvalue weighted by Gasteiger charge is 2.27. The summed E-state index contributed by atoms with van der Waals surface area (Å²) in [6, 6.07) is 8.70. The average Bonchev–Trinajstić information content (AvgIpc) is 2.62. The van der Waals surface area contributed by atoms with Gasteiger partial charge in [0.2, 0.25) is 0 Å². The van der Waals surface area contributed by atoms with Crippen LogP contribution in [0.4, 0.5) is 0 Å². The summed E-state index contributed by atoms with van der Waals surface area (Å²) in [4.78, 5) is 7.46. The molecule has 1 aromatic carbocycles. The van der Waals surface area contributed by atoms with Crippen molar-refractivity contribution in [2.45, 2.75) is 31.9 Å². The highest BCUT2D eigenvalue weighted by Crippen LogP contribution is 2.17. The standard InChI is InChI=1S/C20H33N3O2/c1-17-5-7-20(8-6-17)25-16-19(24)15-22-10-12-23(13-11-22)18-4-3-9-21(2)14-18/h5-8,18-19,24H,3-4,9-16H2,1-2H3. The van der Waals surface area contributed by atoms with E-state index in [2.05, 4.69) is 28.7 Å². The summed E-state index contributed by atoms with van der Waals surface area (Å²) >= 11 is 0. The molecule has 0 aliphatic carbocycles. The van der Waals surface area contributed by atoms with Crippen molar-refractivity contribution in [1.82, 2.24) is 14.7 Å². The van der Waals surface area contributed by atoms with E-state index < -0.39 is 6.10 Å². The van der Waals surface area contributed by atoms with Crippen LogP contribution in [-0.2, 0) is 0 Å². The van der Waals surface area contributed by atoms with E-state index in [0.717, 1.165) is 38.0 Å². The second kappa shape index (κ2) is 8.99. The van der Waals surface area contributed by atoms with E-state index in [1.807, 2.05) is 24.3 Å². The lowest BCUT2D eigenvalue weighted by molar-refractivity contribution is 0.0247. The normalized spacial score (nSPS) is 25.0. The molecule has 1 N–H and O–H groups in total. The van der Waals surface area contributed by atoms with Gasteiger partial charge in [-0.1, -0.05) is 17.7 Å². The van der Waals surface area contributed by atoms with Gasteiger partial charge in [-0.15, -0.1) is 0 Å². The number of piperazine rings is 1. The van der Waals surface area contributed by atoms with Gasteiger partial charge in [0.15, 0.2) is 0 Å². The molecule has 0 saturated carbocycles. The fourth-order valence-electron chi connectivity index (χ4n) is 3.93. The van der Waals surface area contributed by atoms with Gasteiger partial charge in [-0.05, 0) is 45.5 Å². The minimum absolute atomic E-state index is 0.358. The molecule has 2 saturated heterocycles. The number of likely N-dealkylation sites (tertiary alicyclic amines) is 1. The Morgan fingerprint density at radius 1 is 1.12 bits per heavy atom. The number of aliphatic hydroxyl groups is 1. The first-order valence-electron chi connectivity index (χ1n) is 9.62. The number of rotatable bonds is 6. The van der Waals surface area contributed by atoms with E-state index in [4.69, 9.17) is 4.74 Å². The van der Waals surface area contributed by atoms with Gasteiger partial charge in [0, 0.05) is 45.3 Å². The smallest absolute Gasteiger partial charge is 0.119 e. The molecular weight excluding hydrogens is 314 g/mol. The summed E-state index contributed by atoms with van der Waals surface area (Å²) in [5, 5.41) is 10.3. The molecule has 3 rings (SSSR count). The molecule has 2 aliphatic heterocycles. The van der Waals surface area contributed by atoms with Gasteiger partial charge in [-0.3, -0.25) is 9.80 Å². The molecule has 1 aromatic rings. The van der Waals surface area contributed by atoms with E-state index in [0.29, 0.717) is 13.2 Å². The Balaban J connectivity index is 1.36. The largest absolute Gasteiger partial charge is 0.491 e. The molecule has 0 aromatic heterocycles. The van der Waals surface area contributed by atoms with E-state index in [1.165, 1.54) is 31.5 Å². The predicted octanol–water partition coefficient (Wildman–Crippen LogP) is 1.45. The van der Waals surface area contributed by atoms with Crippen LogP contribution in [0.5, 0.6) is 5.75 Å². The summed E-state index contributed by atoms with van der Waals surface area (Å²) in [7, 11) is 2.23. The fraction of sp³-hybridized carbons (Fsp3) is 0.700. The van der Waals surface area contributed by atoms with Crippen LogP contribution >= 0.6 is 0 Å². The predicted molar refractivity (Wildman–Crippen MR) is 101 cm³/mol. The van der Waals surface area contributed by atoms with Gasteiger partial charge >= 0.3 is 0 Å². The Morgan fingerprint density at radius 2 is 1.84 bits per heavy atom. The quantitative estimate of drug-likeness (QED) is 0.843. The number of hydrogen-bond acceptors (Lipinski definition) is 5. The number of hydrogen-bond donors (Lipinski definition) is 1. The maximum absolute atomic E-state index is 10.3. The monoisotopic (exact) mass is 347 g/mol. The highest BCUT2D eigenvalue weighted by atomic mass is 16.5. The zero-order valence-corrected chi connectivity index (χ0v) is 15.7. The zero-order valence-electron chi connectivity index (χ0n) is 15.7. The molecule has 0 radical (unpaired) electrons. The van der Waals surface area contributed by atoms with Crippen molar-refractivity contribution in [2.75, 3.05) is 59.5 Å². The summed E-state index contributed by atoms with van der Waals surface area (Å²) in [5.41, 5.74) is 1.22. The van der Waals surface area contributed by atoms with Crippen LogP contribution in [0.25, 0.3) is 0 Å². The average molecular weight is 348 g/mol. The fourth-order valence-corrected chi connectivity index (χ4v) is 3.93. The van der Waals surface area contributed by atoms with E-state index in [1.54, 1.807) is 0 Å². The van der Waals surface area contributed by atoms with Gasteiger partial charge in [0.25, 0.3) is 0 Å². The highest BCUT2D eigenvalue weighted by molar-refractivity contribution is 5.26. The maximum atomic E-state index is 10.3. The Hall–Kier alpha value is -1.14. The maximum Gasteiger partial charge on any atom is 0.119 e. The molecule has 2 unspecified atom stereocenters. The third-order valence-corrected chi connectivity index (χ3v) is 5.46. The van der Waals surface area contributed by atoms with Crippen molar-refractivity contribution >= 4 is 0 Å². The molecule has 140 valence electrons. The van der Waals surface area contributed by atoms with Crippen LogP contribution in [0.1, 0.15) is 18.4 Å². The number of β-amino-alcohol motifs (C(OH)–C–C–N with tert-alkyl or cyclic N) is 1. The minimum atomic E-state index is -0.436. The number of nitrogens with zero attached hydrogens (tertiary/aromatic N) is 3. The summed E-state index contributed by atoms with van der Waals surface area (Å²) in [6.07, 6.45) is 2.21. The summed E-state index contributed by atoms with van der Waals surface area (Å²) in [5.74, 6) is 0.830. The van der Waals surface area contributed by atoms with Gasteiger partial charge < -0.3 is 14.7 Å². The molecule has 0 spiro atoms. The van der Waals surface area contributed by atoms with Crippen LogP contribution in [0.3, 0.4) is 0 Å². The van der Waals surface area contributed by atoms with Crippen LogP contribution < -0.4 is 4.74 Å². The van der Waals surface area contributed by atoms with Crippen LogP contribution in [0.15, 0.2) is 24.3 Å². The third-order valence-electron chi connectivity index (χ3n) is 5.46. The number of benzene rings is 1. The first-order chi connectivity index (χ1) is 12.1. The van der Waals surface area contributed by atoms with Gasteiger partial charge in [-0.2, -0.15) is 0 Å². The number of aliphatic hydroxyl groups excluding tert-OH is 1. The van der Waals surface area contributed by atoms with Gasteiger partial charge in [0.1, 0.15) is 18.5 Å². The van der Waals surface area contributed by atoms with Gasteiger partial charge in [-0.25, -0.2) is 0 Å². The Bertz CT molecular complexity index is 514. The molecule has 2 heterocycles. The molecular formula is C20H33N3O2. The molecule has 5 nitrogen and oxygen atoms in total. The molecule has 5 heteroatoms. The molecule has 0 amide bonds. The van der Waals surface area contributed by atoms with E-state index in [9.17, 15) is 5.11 Å². The van der Waals surface area contributed by atoms with Crippen LogP contribution in [0.2, 0.25) is 0 Å². The molecule has 0 bridgehead atoms. The van der Waals surface area contributed by atoms with Crippen molar-refractivity contribution in [2.24, 2.45) is 0 Å². The Morgan fingerprint density at radius 3 is 2.52 bits per heavy atom.